The minimum absolute atomic E-state index is 0.210. The van der Waals surface area contributed by atoms with Crippen LogP contribution < -0.4 is 0 Å². The molecule has 2 N–H and O–H groups in total. The number of benzene rings is 1. The number of hydrogen-bond acceptors (Lipinski definition) is 1. The van der Waals surface area contributed by atoms with E-state index < -0.39 is 5.97 Å². The van der Waals surface area contributed by atoms with Crippen LogP contribution in [-0.2, 0) is 4.79 Å². The minimum Gasteiger partial charge on any atom is -0.481 e. The molecule has 4 heteroatoms. The third-order valence-electron chi connectivity index (χ3n) is 4.21. The van der Waals surface area contributed by atoms with Gasteiger partial charge in [-0.3, -0.25) is 4.79 Å². The number of aromatic nitrogens is 1. The quantitative estimate of drug-likeness (QED) is 0.866. The van der Waals surface area contributed by atoms with Gasteiger partial charge in [0.15, 0.2) is 0 Å². The van der Waals surface area contributed by atoms with E-state index in [1.54, 1.807) is 6.07 Å². The van der Waals surface area contributed by atoms with Crippen LogP contribution in [-0.4, -0.2) is 16.1 Å². The van der Waals surface area contributed by atoms with Crippen molar-refractivity contribution < 1.29 is 14.3 Å². The first kappa shape index (κ1) is 12.2. The predicted molar refractivity (Wildman–Crippen MR) is 70.6 cm³/mol. The van der Waals surface area contributed by atoms with Crippen molar-refractivity contribution in [2.45, 2.75) is 31.6 Å². The van der Waals surface area contributed by atoms with Crippen LogP contribution in [0.25, 0.3) is 10.9 Å². The Kier molecular flexibility index (Phi) is 3.01. The van der Waals surface area contributed by atoms with Gasteiger partial charge in [-0.15, -0.1) is 0 Å². The lowest BCUT2D eigenvalue weighted by Crippen LogP contribution is -2.20. The van der Waals surface area contributed by atoms with Crippen molar-refractivity contribution in [1.82, 2.24) is 4.98 Å². The van der Waals surface area contributed by atoms with Gasteiger partial charge in [0.2, 0.25) is 0 Å². The Balaban J connectivity index is 1.86. The maximum absolute atomic E-state index is 13.6. The number of carbonyl (C=O) groups is 1. The summed E-state index contributed by atoms with van der Waals surface area (Å²) in [6, 6.07) is 5.09. The smallest absolute Gasteiger partial charge is 0.306 e. The lowest BCUT2D eigenvalue weighted by Gasteiger charge is -2.25. The van der Waals surface area contributed by atoms with E-state index in [1.807, 2.05) is 12.3 Å². The van der Waals surface area contributed by atoms with Gasteiger partial charge in [0, 0.05) is 11.6 Å². The molecule has 1 saturated carbocycles. The number of H-pyrrole nitrogens is 1. The molecular formula is C15H16FNO2. The Labute approximate surface area is 110 Å². The summed E-state index contributed by atoms with van der Waals surface area (Å²) in [6.45, 7) is 0. The van der Waals surface area contributed by atoms with Crippen LogP contribution in [0.3, 0.4) is 0 Å². The predicted octanol–water partition coefficient (Wildman–Crippen LogP) is 3.67. The van der Waals surface area contributed by atoms with Gasteiger partial charge in [-0.1, -0.05) is 12.1 Å². The van der Waals surface area contributed by atoms with Crippen molar-refractivity contribution in [3.8, 4) is 0 Å². The van der Waals surface area contributed by atoms with Crippen molar-refractivity contribution in [2.75, 3.05) is 0 Å². The Morgan fingerprint density at radius 1 is 1.26 bits per heavy atom. The van der Waals surface area contributed by atoms with E-state index in [4.69, 9.17) is 5.11 Å². The van der Waals surface area contributed by atoms with E-state index in [-0.39, 0.29) is 11.7 Å². The lowest BCUT2D eigenvalue weighted by atomic mass is 9.79. The van der Waals surface area contributed by atoms with Crippen molar-refractivity contribution in [1.29, 1.82) is 0 Å². The highest BCUT2D eigenvalue weighted by molar-refractivity contribution is 5.84. The summed E-state index contributed by atoms with van der Waals surface area (Å²) < 4.78 is 13.6. The molecule has 1 aliphatic rings. The van der Waals surface area contributed by atoms with Crippen LogP contribution in [0.5, 0.6) is 0 Å². The minimum atomic E-state index is -0.691. The molecule has 2 aromatic rings. The number of para-hydroxylation sites is 1. The van der Waals surface area contributed by atoms with Crippen LogP contribution in [0.1, 0.15) is 37.2 Å². The van der Waals surface area contributed by atoms with E-state index in [9.17, 15) is 9.18 Å². The second-order valence-electron chi connectivity index (χ2n) is 5.29. The summed E-state index contributed by atoms with van der Waals surface area (Å²) in [6.07, 6.45) is 5.02. The van der Waals surface area contributed by atoms with Gasteiger partial charge in [-0.2, -0.15) is 0 Å². The van der Waals surface area contributed by atoms with E-state index in [0.717, 1.165) is 23.8 Å². The Morgan fingerprint density at radius 2 is 2.00 bits per heavy atom. The summed E-state index contributed by atoms with van der Waals surface area (Å²) >= 11 is 0. The largest absolute Gasteiger partial charge is 0.481 e. The molecule has 0 bridgehead atoms. The zero-order chi connectivity index (χ0) is 13.4. The van der Waals surface area contributed by atoms with E-state index in [0.29, 0.717) is 24.3 Å². The number of fused-ring (bicyclic) bond motifs is 1. The van der Waals surface area contributed by atoms with Gasteiger partial charge in [0.1, 0.15) is 5.82 Å². The summed E-state index contributed by atoms with van der Waals surface area (Å²) in [5.74, 6) is -0.796. The second-order valence-corrected chi connectivity index (χ2v) is 5.29. The Bertz CT molecular complexity index is 612. The van der Waals surface area contributed by atoms with Crippen LogP contribution >= 0.6 is 0 Å². The third kappa shape index (κ3) is 2.11. The molecule has 0 aliphatic heterocycles. The molecule has 3 nitrogen and oxygen atoms in total. The normalized spacial score (nSPS) is 23.6. The van der Waals surface area contributed by atoms with Crippen molar-refractivity contribution in [2.24, 2.45) is 5.92 Å². The molecule has 1 aromatic heterocycles. The Morgan fingerprint density at radius 3 is 2.68 bits per heavy atom. The van der Waals surface area contributed by atoms with Crippen molar-refractivity contribution in [3.63, 3.8) is 0 Å². The van der Waals surface area contributed by atoms with Crippen molar-refractivity contribution >= 4 is 16.9 Å². The lowest BCUT2D eigenvalue weighted by molar-refractivity contribution is -0.142. The molecule has 1 fully saturated rings. The summed E-state index contributed by atoms with van der Waals surface area (Å²) in [5.41, 5.74) is 1.68. The van der Waals surface area contributed by atoms with Crippen LogP contribution in [0.4, 0.5) is 4.39 Å². The van der Waals surface area contributed by atoms with Crippen LogP contribution in [0, 0.1) is 11.7 Å². The first-order valence-corrected chi connectivity index (χ1v) is 6.65. The van der Waals surface area contributed by atoms with Gasteiger partial charge in [0.05, 0.1) is 11.4 Å². The SMILES string of the molecule is O=C(O)C1CCC(c2c[nH]c3c(F)cccc23)CC1. The van der Waals surface area contributed by atoms with Gasteiger partial charge in [-0.05, 0) is 43.2 Å². The molecule has 3 rings (SSSR count). The summed E-state index contributed by atoms with van der Waals surface area (Å²) in [7, 11) is 0. The highest BCUT2D eigenvalue weighted by Crippen LogP contribution is 2.39. The monoisotopic (exact) mass is 261 g/mol. The molecule has 1 heterocycles. The number of nitrogens with one attached hydrogen (secondary N) is 1. The number of hydrogen-bond donors (Lipinski definition) is 2. The number of halogens is 1. The molecule has 100 valence electrons. The average molecular weight is 261 g/mol. The third-order valence-corrected chi connectivity index (χ3v) is 4.21. The molecule has 0 atom stereocenters. The zero-order valence-corrected chi connectivity index (χ0v) is 10.5. The number of aliphatic carboxylic acids is 1. The molecule has 19 heavy (non-hydrogen) atoms. The van der Waals surface area contributed by atoms with E-state index >= 15 is 0 Å². The average Bonchev–Trinajstić information content (AvgIpc) is 2.84. The molecule has 1 aliphatic carbocycles. The first-order chi connectivity index (χ1) is 9.16. The highest BCUT2D eigenvalue weighted by atomic mass is 19.1. The van der Waals surface area contributed by atoms with Gasteiger partial charge in [0.25, 0.3) is 0 Å². The summed E-state index contributed by atoms with van der Waals surface area (Å²) in [5, 5.41) is 9.94. The molecule has 0 unspecified atom stereocenters. The Hall–Kier alpha value is -1.84. The standard InChI is InChI=1S/C15H16FNO2/c16-13-3-1-2-11-12(8-17-14(11)13)9-4-6-10(7-5-9)15(18)19/h1-3,8-10,17H,4-7H2,(H,18,19). The number of aromatic amines is 1. The topological polar surface area (TPSA) is 53.1 Å². The number of carboxylic acid groups (broad SMARTS) is 1. The molecule has 1 aromatic carbocycles. The fraction of sp³-hybridized carbons (Fsp3) is 0.400. The summed E-state index contributed by atoms with van der Waals surface area (Å²) in [4.78, 5) is 13.9. The molecule has 0 saturated heterocycles. The van der Waals surface area contributed by atoms with Gasteiger partial charge < -0.3 is 10.1 Å². The molecule has 0 spiro atoms. The van der Waals surface area contributed by atoms with Gasteiger partial charge >= 0.3 is 5.97 Å². The maximum atomic E-state index is 13.6. The fourth-order valence-corrected chi connectivity index (χ4v) is 3.13. The van der Waals surface area contributed by atoms with Crippen molar-refractivity contribution in [3.05, 3.63) is 35.8 Å². The van der Waals surface area contributed by atoms with E-state index in [1.165, 1.54) is 6.07 Å². The number of carboxylic acids is 1. The second kappa shape index (κ2) is 4.68. The molecular weight excluding hydrogens is 245 g/mol. The zero-order valence-electron chi connectivity index (χ0n) is 10.5. The number of rotatable bonds is 2. The van der Waals surface area contributed by atoms with Crippen LogP contribution in [0.15, 0.2) is 24.4 Å². The van der Waals surface area contributed by atoms with Gasteiger partial charge in [-0.25, -0.2) is 4.39 Å². The first-order valence-electron chi connectivity index (χ1n) is 6.65. The fourth-order valence-electron chi connectivity index (χ4n) is 3.13. The maximum Gasteiger partial charge on any atom is 0.306 e. The van der Waals surface area contributed by atoms with E-state index in [2.05, 4.69) is 4.98 Å². The molecule has 0 radical (unpaired) electrons. The molecule has 0 amide bonds. The highest BCUT2D eigenvalue weighted by Gasteiger charge is 2.28. The van der Waals surface area contributed by atoms with Crippen LogP contribution in [0.2, 0.25) is 0 Å².